The highest BCUT2D eigenvalue weighted by molar-refractivity contribution is 9.10. The van der Waals surface area contributed by atoms with E-state index in [1.807, 2.05) is 0 Å². The maximum Gasteiger partial charge on any atom is 0.169 e. The van der Waals surface area contributed by atoms with Crippen LogP contribution in [0.25, 0.3) is 0 Å². The fourth-order valence-electron chi connectivity index (χ4n) is 1.71. The van der Waals surface area contributed by atoms with Gasteiger partial charge in [-0.3, -0.25) is 9.78 Å². The minimum atomic E-state index is -0.847. The number of halogens is 3. The molecule has 1 heterocycles. The van der Waals surface area contributed by atoms with Gasteiger partial charge in [0.2, 0.25) is 0 Å². The van der Waals surface area contributed by atoms with Crippen LogP contribution in [0.5, 0.6) is 0 Å². The summed E-state index contributed by atoms with van der Waals surface area (Å²) in [7, 11) is 0. The predicted molar refractivity (Wildman–Crippen MR) is 70.9 cm³/mol. The summed E-state index contributed by atoms with van der Waals surface area (Å²) in [6.45, 7) is 0. The average molecular weight is 326 g/mol. The van der Waals surface area contributed by atoms with Crippen molar-refractivity contribution in [2.75, 3.05) is 0 Å². The van der Waals surface area contributed by atoms with Gasteiger partial charge in [0.05, 0.1) is 10.0 Å². The molecule has 0 atom stereocenters. The molecule has 0 saturated carbocycles. The zero-order valence-corrected chi connectivity index (χ0v) is 11.5. The van der Waals surface area contributed by atoms with Crippen molar-refractivity contribution in [3.8, 4) is 0 Å². The molecule has 0 unspecified atom stereocenters. The summed E-state index contributed by atoms with van der Waals surface area (Å²) in [6.07, 6.45) is 3.70. The molecule has 1 aromatic heterocycles. The molecule has 0 fully saturated rings. The molecule has 0 bridgehead atoms. The minimum absolute atomic E-state index is 0.0499. The van der Waals surface area contributed by atoms with Gasteiger partial charge in [-0.05, 0) is 52.2 Å². The molecule has 0 saturated heterocycles. The summed E-state index contributed by atoms with van der Waals surface area (Å²) in [4.78, 5) is 15.8. The molecule has 0 spiro atoms. The molecule has 5 heteroatoms. The number of carbonyl (C=O) groups excluding carboxylic acids is 1. The maximum atomic E-state index is 13.7. The summed E-state index contributed by atoms with van der Waals surface area (Å²) >= 11 is 2.94. The lowest BCUT2D eigenvalue weighted by Gasteiger charge is -2.05. The minimum Gasteiger partial charge on any atom is -0.294 e. The Balaban J connectivity index is 2.15. The molecule has 0 aliphatic rings. The number of Topliss-reactive ketones (excluding diaryl/α,β-unsaturated/α-hetero) is 1. The number of carbonyl (C=O) groups is 1. The lowest BCUT2D eigenvalue weighted by atomic mass is 10.0. The Hall–Kier alpha value is -1.62. The first-order chi connectivity index (χ1) is 9.09. The van der Waals surface area contributed by atoms with Crippen molar-refractivity contribution in [3.63, 3.8) is 0 Å². The number of pyridine rings is 1. The fraction of sp³-hybridized carbons (Fsp3) is 0.143. The predicted octanol–water partition coefficient (Wildman–Crippen LogP) is 3.94. The molecular formula is C14H10BrF2NO. The second-order valence-corrected chi connectivity index (χ2v) is 4.85. The number of rotatable bonds is 4. The largest absolute Gasteiger partial charge is 0.294 e. The number of hydrogen-bond donors (Lipinski definition) is 0. The summed E-state index contributed by atoms with van der Waals surface area (Å²) in [6, 6.07) is 5.85. The Morgan fingerprint density at radius 3 is 2.53 bits per heavy atom. The molecule has 98 valence electrons. The number of aryl methyl sites for hydroxylation is 1. The summed E-state index contributed by atoms with van der Waals surface area (Å²) in [5, 5.41) is 0. The molecule has 0 aliphatic heterocycles. The first-order valence-corrected chi connectivity index (χ1v) is 6.44. The van der Waals surface area contributed by atoms with Gasteiger partial charge in [0.15, 0.2) is 11.6 Å². The standard InChI is InChI=1S/C14H10BrF2NO/c15-10-2-3-11(16)13(14(10)17)12(19)4-1-9-5-7-18-8-6-9/h2-3,5-8H,1,4H2. The van der Waals surface area contributed by atoms with Crippen molar-refractivity contribution in [2.24, 2.45) is 0 Å². The van der Waals surface area contributed by atoms with Crippen LogP contribution in [0, 0.1) is 11.6 Å². The third kappa shape index (κ3) is 3.23. The third-order valence-electron chi connectivity index (χ3n) is 2.71. The van der Waals surface area contributed by atoms with Gasteiger partial charge in [-0.2, -0.15) is 0 Å². The van der Waals surface area contributed by atoms with Crippen molar-refractivity contribution >= 4 is 21.7 Å². The Bertz CT molecular complexity index is 602. The van der Waals surface area contributed by atoms with Crippen LogP contribution in [-0.4, -0.2) is 10.8 Å². The van der Waals surface area contributed by atoms with Crippen LogP contribution in [0.1, 0.15) is 22.3 Å². The molecule has 0 amide bonds. The highest BCUT2D eigenvalue weighted by Crippen LogP contribution is 2.23. The van der Waals surface area contributed by atoms with Gasteiger partial charge in [0, 0.05) is 18.8 Å². The van der Waals surface area contributed by atoms with E-state index in [0.29, 0.717) is 6.42 Å². The molecule has 2 aromatic rings. The molecule has 0 aliphatic carbocycles. The molecule has 0 radical (unpaired) electrons. The van der Waals surface area contributed by atoms with Gasteiger partial charge in [0.1, 0.15) is 5.82 Å². The van der Waals surface area contributed by atoms with E-state index in [4.69, 9.17) is 0 Å². The van der Waals surface area contributed by atoms with E-state index in [0.717, 1.165) is 11.6 Å². The zero-order chi connectivity index (χ0) is 13.8. The van der Waals surface area contributed by atoms with Gasteiger partial charge < -0.3 is 0 Å². The van der Waals surface area contributed by atoms with E-state index < -0.39 is 23.0 Å². The van der Waals surface area contributed by atoms with Crippen molar-refractivity contribution in [2.45, 2.75) is 12.8 Å². The second-order valence-electron chi connectivity index (χ2n) is 4.00. The summed E-state index contributed by atoms with van der Waals surface area (Å²) < 4.78 is 27.3. The fourth-order valence-corrected chi connectivity index (χ4v) is 2.05. The average Bonchev–Trinajstić information content (AvgIpc) is 2.42. The first-order valence-electron chi connectivity index (χ1n) is 5.65. The normalized spacial score (nSPS) is 10.5. The van der Waals surface area contributed by atoms with Gasteiger partial charge >= 0.3 is 0 Å². The van der Waals surface area contributed by atoms with Gasteiger partial charge in [-0.25, -0.2) is 8.78 Å². The lowest BCUT2D eigenvalue weighted by molar-refractivity contribution is 0.0974. The van der Waals surface area contributed by atoms with Crippen LogP contribution in [-0.2, 0) is 6.42 Å². The lowest BCUT2D eigenvalue weighted by Crippen LogP contribution is -2.07. The van der Waals surface area contributed by atoms with E-state index in [1.165, 1.54) is 6.07 Å². The van der Waals surface area contributed by atoms with Crippen molar-refractivity contribution < 1.29 is 13.6 Å². The van der Waals surface area contributed by atoms with Crippen LogP contribution in [0.2, 0.25) is 0 Å². The molecule has 19 heavy (non-hydrogen) atoms. The molecule has 2 nitrogen and oxygen atoms in total. The third-order valence-corrected chi connectivity index (χ3v) is 3.33. The van der Waals surface area contributed by atoms with Crippen molar-refractivity contribution in [1.82, 2.24) is 4.98 Å². The van der Waals surface area contributed by atoms with Crippen LogP contribution in [0.4, 0.5) is 8.78 Å². The van der Waals surface area contributed by atoms with E-state index in [9.17, 15) is 13.6 Å². The molecule has 0 N–H and O–H groups in total. The molecule has 1 aromatic carbocycles. The highest BCUT2D eigenvalue weighted by atomic mass is 79.9. The number of benzene rings is 1. The topological polar surface area (TPSA) is 30.0 Å². The zero-order valence-electron chi connectivity index (χ0n) is 9.87. The maximum absolute atomic E-state index is 13.7. The highest BCUT2D eigenvalue weighted by Gasteiger charge is 2.19. The Morgan fingerprint density at radius 2 is 1.84 bits per heavy atom. The van der Waals surface area contributed by atoms with Gasteiger partial charge in [-0.15, -0.1) is 0 Å². The number of ketones is 1. The van der Waals surface area contributed by atoms with Gasteiger partial charge in [0.25, 0.3) is 0 Å². The van der Waals surface area contributed by atoms with Crippen LogP contribution in [0.15, 0.2) is 41.1 Å². The Labute approximate surface area is 117 Å². The van der Waals surface area contributed by atoms with E-state index >= 15 is 0 Å². The first kappa shape index (κ1) is 13.8. The second kappa shape index (κ2) is 6.02. The van der Waals surface area contributed by atoms with Gasteiger partial charge in [-0.1, -0.05) is 0 Å². The van der Waals surface area contributed by atoms with Crippen LogP contribution < -0.4 is 0 Å². The molecule has 2 rings (SSSR count). The molecular weight excluding hydrogens is 316 g/mol. The Morgan fingerprint density at radius 1 is 1.16 bits per heavy atom. The van der Waals surface area contributed by atoms with Crippen molar-refractivity contribution in [3.05, 3.63) is 63.9 Å². The van der Waals surface area contributed by atoms with E-state index in [2.05, 4.69) is 20.9 Å². The SMILES string of the molecule is O=C(CCc1ccncc1)c1c(F)ccc(Br)c1F. The Kier molecular flexibility index (Phi) is 4.37. The number of hydrogen-bond acceptors (Lipinski definition) is 2. The van der Waals surface area contributed by atoms with Crippen molar-refractivity contribution in [1.29, 1.82) is 0 Å². The van der Waals surface area contributed by atoms with E-state index in [1.54, 1.807) is 24.5 Å². The summed E-state index contributed by atoms with van der Waals surface area (Å²) in [5.41, 5.74) is 0.419. The number of nitrogens with zero attached hydrogens (tertiary/aromatic N) is 1. The van der Waals surface area contributed by atoms with E-state index in [-0.39, 0.29) is 10.9 Å². The van der Waals surface area contributed by atoms with Crippen LogP contribution >= 0.6 is 15.9 Å². The smallest absolute Gasteiger partial charge is 0.169 e. The summed E-state index contributed by atoms with van der Waals surface area (Å²) in [5.74, 6) is -2.23. The van der Waals surface area contributed by atoms with Crippen LogP contribution in [0.3, 0.4) is 0 Å². The quantitative estimate of drug-likeness (QED) is 0.629. The number of aromatic nitrogens is 1. The monoisotopic (exact) mass is 325 g/mol.